The average molecular weight is 290 g/mol. The second-order valence-corrected chi connectivity index (χ2v) is 5.85. The van der Waals surface area contributed by atoms with Crippen LogP contribution in [-0.2, 0) is 0 Å². The molecule has 0 unspecified atom stereocenters. The van der Waals surface area contributed by atoms with Gasteiger partial charge in [0.2, 0.25) is 0 Å². The fourth-order valence-electron chi connectivity index (χ4n) is 1.71. The third-order valence-electron chi connectivity index (χ3n) is 2.55. The van der Waals surface area contributed by atoms with Crippen molar-refractivity contribution in [3.63, 3.8) is 0 Å². The lowest BCUT2D eigenvalue weighted by molar-refractivity contribution is 0.0946. The van der Waals surface area contributed by atoms with Gasteiger partial charge in [-0.05, 0) is 39.8 Å². The molecule has 0 saturated carbocycles. The van der Waals surface area contributed by atoms with Crippen LogP contribution in [0.1, 0.15) is 34.9 Å². The standard InChI is InChI=1S/C14H18N4OS/c1-8(2)15-13(19)12-10(4)17-14(20-12)18-11-7-5-6-9(3)16-11/h5-8H,1-4H3,(H,15,19)(H,16,17,18). The molecular weight excluding hydrogens is 272 g/mol. The van der Waals surface area contributed by atoms with Crippen LogP contribution in [0.25, 0.3) is 0 Å². The van der Waals surface area contributed by atoms with Gasteiger partial charge in [-0.3, -0.25) is 4.79 Å². The number of carbonyl (C=O) groups excluding carboxylic acids is 1. The highest BCUT2D eigenvalue weighted by Gasteiger charge is 2.16. The molecule has 106 valence electrons. The molecule has 0 aliphatic heterocycles. The number of rotatable bonds is 4. The normalized spacial score (nSPS) is 10.7. The number of hydrogen-bond donors (Lipinski definition) is 2. The van der Waals surface area contributed by atoms with Gasteiger partial charge < -0.3 is 10.6 Å². The van der Waals surface area contributed by atoms with Gasteiger partial charge in [-0.25, -0.2) is 9.97 Å². The summed E-state index contributed by atoms with van der Waals surface area (Å²) in [5.41, 5.74) is 1.66. The molecule has 6 heteroatoms. The van der Waals surface area contributed by atoms with Crippen molar-refractivity contribution in [2.45, 2.75) is 33.7 Å². The van der Waals surface area contributed by atoms with Crippen LogP contribution >= 0.6 is 11.3 Å². The smallest absolute Gasteiger partial charge is 0.263 e. The van der Waals surface area contributed by atoms with E-state index in [1.807, 2.05) is 45.9 Å². The van der Waals surface area contributed by atoms with E-state index in [-0.39, 0.29) is 11.9 Å². The maximum absolute atomic E-state index is 12.0. The van der Waals surface area contributed by atoms with Gasteiger partial charge in [0.25, 0.3) is 5.91 Å². The lowest BCUT2D eigenvalue weighted by atomic mass is 10.3. The molecule has 0 saturated heterocycles. The second-order valence-electron chi connectivity index (χ2n) is 4.85. The van der Waals surface area contributed by atoms with Crippen LogP contribution in [0, 0.1) is 13.8 Å². The summed E-state index contributed by atoms with van der Waals surface area (Å²) in [6.45, 7) is 7.63. The number of aryl methyl sites for hydroxylation is 2. The predicted molar refractivity (Wildman–Crippen MR) is 81.7 cm³/mol. The van der Waals surface area contributed by atoms with E-state index in [0.717, 1.165) is 17.2 Å². The van der Waals surface area contributed by atoms with Crippen molar-refractivity contribution in [3.8, 4) is 0 Å². The fraction of sp³-hybridized carbons (Fsp3) is 0.357. The van der Waals surface area contributed by atoms with Crippen molar-refractivity contribution < 1.29 is 4.79 Å². The fourth-order valence-corrected chi connectivity index (χ4v) is 2.59. The van der Waals surface area contributed by atoms with Gasteiger partial charge in [0, 0.05) is 11.7 Å². The number of anilines is 2. The minimum Gasteiger partial charge on any atom is -0.349 e. The number of carbonyl (C=O) groups is 1. The van der Waals surface area contributed by atoms with E-state index < -0.39 is 0 Å². The second kappa shape index (κ2) is 6.00. The number of thiazole rings is 1. The van der Waals surface area contributed by atoms with Gasteiger partial charge >= 0.3 is 0 Å². The first-order chi connectivity index (χ1) is 9.45. The zero-order chi connectivity index (χ0) is 14.7. The predicted octanol–water partition coefficient (Wildman–Crippen LogP) is 3.04. The molecule has 2 aromatic heterocycles. The van der Waals surface area contributed by atoms with Gasteiger partial charge in [0.1, 0.15) is 10.7 Å². The summed E-state index contributed by atoms with van der Waals surface area (Å²) in [6, 6.07) is 5.84. The molecule has 0 aromatic carbocycles. The van der Waals surface area contributed by atoms with Crippen LogP contribution in [0.15, 0.2) is 18.2 Å². The Kier molecular flexibility index (Phi) is 4.34. The summed E-state index contributed by atoms with van der Waals surface area (Å²) in [7, 11) is 0. The molecule has 2 heterocycles. The van der Waals surface area contributed by atoms with Crippen LogP contribution in [0.5, 0.6) is 0 Å². The Morgan fingerprint density at radius 2 is 2.00 bits per heavy atom. The Labute approximate surface area is 122 Å². The van der Waals surface area contributed by atoms with Crippen molar-refractivity contribution in [2.24, 2.45) is 0 Å². The first-order valence-corrected chi connectivity index (χ1v) is 7.26. The molecule has 2 rings (SSSR count). The summed E-state index contributed by atoms with van der Waals surface area (Å²) >= 11 is 1.34. The number of aromatic nitrogens is 2. The van der Waals surface area contributed by atoms with E-state index in [0.29, 0.717) is 10.0 Å². The van der Waals surface area contributed by atoms with E-state index in [1.54, 1.807) is 0 Å². The quantitative estimate of drug-likeness (QED) is 0.908. The number of hydrogen-bond acceptors (Lipinski definition) is 5. The van der Waals surface area contributed by atoms with Crippen molar-refractivity contribution in [3.05, 3.63) is 34.5 Å². The van der Waals surface area contributed by atoms with Crippen LogP contribution in [0.3, 0.4) is 0 Å². The van der Waals surface area contributed by atoms with Gasteiger partial charge in [-0.15, -0.1) is 0 Å². The van der Waals surface area contributed by atoms with Gasteiger partial charge in [-0.2, -0.15) is 0 Å². The molecule has 0 fully saturated rings. The van der Waals surface area contributed by atoms with E-state index in [2.05, 4.69) is 20.6 Å². The number of amides is 1. The highest BCUT2D eigenvalue weighted by atomic mass is 32.1. The SMILES string of the molecule is Cc1cccc(Nc2nc(C)c(C(=O)NC(C)C)s2)n1. The highest BCUT2D eigenvalue weighted by Crippen LogP contribution is 2.25. The zero-order valence-electron chi connectivity index (χ0n) is 12.0. The Morgan fingerprint density at radius 3 is 2.65 bits per heavy atom. The van der Waals surface area contributed by atoms with E-state index >= 15 is 0 Å². The Bertz CT molecular complexity index is 621. The summed E-state index contributed by atoms with van der Waals surface area (Å²) < 4.78 is 0. The van der Waals surface area contributed by atoms with Crippen molar-refractivity contribution in [1.29, 1.82) is 0 Å². The van der Waals surface area contributed by atoms with Gasteiger partial charge in [0.15, 0.2) is 5.13 Å². The first-order valence-electron chi connectivity index (χ1n) is 6.44. The summed E-state index contributed by atoms with van der Waals surface area (Å²) in [5, 5.41) is 6.68. The maximum atomic E-state index is 12.0. The molecule has 1 amide bonds. The zero-order valence-corrected chi connectivity index (χ0v) is 12.8. The Hall–Kier alpha value is -1.95. The number of nitrogens with zero attached hydrogens (tertiary/aromatic N) is 2. The molecule has 0 aliphatic carbocycles. The number of pyridine rings is 1. The summed E-state index contributed by atoms with van der Waals surface area (Å²) in [6.07, 6.45) is 0. The highest BCUT2D eigenvalue weighted by molar-refractivity contribution is 7.17. The minimum absolute atomic E-state index is 0.0831. The lowest BCUT2D eigenvalue weighted by Gasteiger charge is -2.06. The van der Waals surface area contributed by atoms with Crippen LogP contribution in [0.4, 0.5) is 10.9 Å². The maximum Gasteiger partial charge on any atom is 0.263 e. The molecule has 0 bridgehead atoms. The Balaban J connectivity index is 2.17. The van der Waals surface area contributed by atoms with Gasteiger partial charge in [-0.1, -0.05) is 17.4 Å². The molecule has 0 aliphatic rings. The largest absolute Gasteiger partial charge is 0.349 e. The molecule has 20 heavy (non-hydrogen) atoms. The van der Waals surface area contributed by atoms with Crippen LogP contribution in [-0.4, -0.2) is 21.9 Å². The van der Waals surface area contributed by atoms with Crippen molar-refractivity contribution in [1.82, 2.24) is 15.3 Å². The lowest BCUT2D eigenvalue weighted by Crippen LogP contribution is -2.29. The molecule has 0 radical (unpaired) electrons. The summed E-state index contributed by atoms with van der Waals surface area (Å²) in [4.78, 5) is 21.4. The van der Waals surface area contributed by atoms with E-state index in [1.165, 1.54) is 11.3 Å². The van der Waals surface area contributed by atoms with Gasteiger partial charge in [0.05, 0.1) is 5.69 Å². The van der Waals surface area contributed by atoms with Crippen molar-refractivity contribution in [2.75, 3.05) is 5.32 Å². The minimum atomic E-state index is -0.0831. The van der Waals surface area contributed by atoms with Crippen LogP contribution < -0.4 is 10.6 Å². The average Bonchev–Trinajstić information content (AvgIpc) is 2.69. The third-order valence-corrected chi connectivity index (χ3v) is 3.62. The Morgan fingerprint density at radius 1 is 1.25 bits per heavy atom. The van der Waals surface area contributed by atoms with Crippen molar-refractivity contribution >= 4 is 28.2 Å². The third kappa shape index (κ3) is 3.54. The molecular formula is C14H18N4OS. The first kappa shape index (κ1) is 14.5. The summed E-state index contributed by atoms with van der Waals surface area (Å²) in [5.74, 6) is 0.648. The molecule has 2 aromatic rings. The topological polar surface area (TPSA) is 66.9 Å². The molecule has 2 N–H and O–H groups in total. The van der Waals surface area contributed by atoms with E-state index in [4.69, 9.17) is 0 Å². The monoisotopic (exact) mass is 290 g/mol. The molecule has 0 atom stereocenters. The number of nitrogens with one attached hydrogen (secondary N) is 2. The molecule has 5 nitrogen and oxygen atoms in total. The molecule has 0 spiro atoms. The van der Waals surface area contributed by atoms with E-state index in [9.17, 15) is 4.79 Å². The van der Waals surface area contributed by atoms with Crippen LogP contribution in [0.2, 0.25) is 0 Å².